The molecule has 1 fully saturated rings. The van der Waals surface area contributed by atoms with Crippen molar-refractivity contribution in [1.82, 2.24) is 5.32 Å². The Morgan fingerprint density at radius 3 is 2.42 bits per heavy atom. The number of amides is 1. The van der Waals surface area contributed by atoms with Gasteiger partial charge in [-0.15, -0.1) is 0 Å². The lowest BCUT2D eigenvalue weighted by atomic mass is 9.83. The summed E-state index contributed by atoms with van der Waals surface area (Å²) in [5.41, 5.74) is 0.0439. The Balaban J connectivity index is 2.00. The van der Waals surface area contributed by atoms with Gasteiger partial charge in [0.15, 0.2) is 0 Å². The van der Waals surface area contributed by atoms with Gasteiger partial charge >= 0.3 is 20.7 Å². The normalized spacial score (nSPS) is 17.7. The van der Waals surface area contributed by atoms with E-state index in [2.05, 4.69) is 5.32 Å². The summed E-state index contributed by atoms with van der Waals surface area (Å²) in [5, 5.41) is 13.2. The molecule has 8 nitrogen and oxygen atoms in total. The Morgan fingerprint density at radius 1 is 1.15 bits per heavy atom. The van der Waals surface area contributed by atoms with Crippen LogP contribution in [0.3, 0.4) is 0 Å². The average Bonchev–Trinajstić information content (AvgIpc) is 2.77. The molecule has 0 spiro atoms. The van der Waals surface area contributed by atoms with Crippen molar-refractivity contribution in [2.75, 3.05) is 6.54 Å². The van der Waals surface area contributed by atoms with Gasteiger partial charge in [-0.25, -0.2) is 13.9 Å². The van der Waals surface area contributed by atoms with E-state index in [1.54, 1.807) is 20.8 Å². The maximum atomic E-state index is 12.7. The van der Waals surface area contributed by atoms with Crippen molar-refractivity contribution in [2.24, 2.45) is 11.3 Å². The second-order valence-corrected chi connectivity index (χ2v) is 10.1. The van der Waals surface area contributed by atoms with Crippen molar-refractivity contribution in [2.45, 2.75) is 84.2 Å². The number of carbonyl (C=O) groups is 2. The number of carbonyl (C=O) groups excluding carboxylic acids is 2. The van der Waals surface area contributed by atoms with Crippen molar-refractivity contribution < 1.29 is 33.3 Å². The summed E-state index contributed by atoms with van der Waals surface area (Å²) < 4.78 is 27.8. The van der Waals surface area contributed by atoms with Crippen LogP contribution in [0.15, 0.2) is 30.3 Å². The molecule has 1 aliphatic carbocycles. The first-order chi connectivity index (χ1) is 15.6. The molecule has 0 aromatic heterocycles. The molecule has 0 aliphatic heterocycles. The number of esters is 1. The van der Waals surface area contributed by atoms with Crippen molar-refractivity contribution >= 4 is 20.7 Å². The van der Waals surface area contributed by atoms with Gasteiger partial charge < -0.3 is 19.9 Å². The van der Waals surface area contributed by atoms with Crippen LogP contribution in [0.25, 0.3) is 0 Å². The number of ether oxygens (including phenoxy) is 2. The molecule has 2 rings (SSSR count). The molecule has 2 N–H and O–H groups in total. The number of aliphatic hydroxyl groups excluding tert-OH is 1. The van der Waals surface area contributed by atoms with E-state index in [0.717, 1.165) is 37.7 Å². The monoisotopic (exact) mass is 481 g/mol. The van der Waals surface area contributed by atoms with E-state index >= 15 is 0 Å². The van der Waals surface area contributed by atoms with Crippen molar-refractivity contribution in [1.29, 1.82) is 0 Å². The Kier molecular flexibility index (Phi) is 10.7. The number of alkyl carbamates (subject to hydrolysis) is 1. The molecule has 9 heteroatoms. The topological polar surface area (TPSA) is 111 Å². The summed E-state index contributed by atoms with van der Waals surface area (Å²) in [6.07, 6.45) is 3.63. The highest BCUT2D eigenvalue weighted by Gasteiger charge is 2.43. The van der Waals surface area contributed by atoms with Gasteiger partial charge in [-0.05, 0) is 32.3 Å². The highest BCUT2D eigenvalue weighted by atomic mass is 31.1. The van der Waals surface area contributed by atoms with Crippen LogP contribution in [0.4, 0.5) is 4.79 Å². The Morgan fingerprint density at radius 2 is 1.82 bits per heavy atom. The molecule has 2 atom stereocenters. The van der Waals surface area contributed by atoms with E-state index in [4.69, 9.17) is 14.0 Å². The lowest BCUT2D eigenvalue weighted by molar-refractivity contribution is -0.219. The van der Waals surface area contributed by atoms with Gasteiger partial charge in [-0.3, -0.25) is 4.79 Å². The minimum atomic E-state index is -1.55. The van der Waals surface area contributed by atoms with E-state index in [9.17, 15) is 19.3 Å². The number of hydrogen-bond acceptors (Lipinski definition) is 7. The summed E-state index contributed by atoms with van der Waals surface area (Å²) in [7, 11) is -0.642. The van der Waals surface area contributed by atoms with Gasteiger partial charge in [-0.1, -0.05) is 62.4 Å². The van der Waals surface area contributed by atoms with Gasteiger partial charge in [0.1, 0.15) is 6.61 Å². The van der Waals surface area contributed by atoms with Crippen LogP contribution >= 0.6 is 8.69 Å². The van der Waals surface area contributed by atoms with Crippen LogP contribution in [0.5, 0.6) is 0 Å². The molecule has 0 radical (unpaired) electrons. The summed E-state index contributed by atoms with van der Waals surface area (Å²) in [5.74, 6) is -1.83. The van der Waals surface area contributed by atoms with E-state index < -0.39 is 38.1 Å². The van der Waals surface area contributed by atoms with E-state index in [1.165, 1.54) is 0 Å². The summed E-state index contributed by atoms with van der Waals surface area (Å²) in [6.45, 7) is 5.13. The lowest BCUT2D eigenvalue weighted by Crippen LogP contribution is -2.46. The molecule has 33 heavy (non-hydrogen) atoms. The first-order valence-electron chi connectivity index (χ1n) is 11.5. The molecule has 0 bridgehead atoms. The third-order valence-corrected chi connectivity index (χ3v) is 6.07. The third-order valence-electron chi connectivity index (χ3n) is 5.66. The fourth-order valence-corrected chi connectivity index (χ4v) is 4.21. The van der Waals surface area contributed by atoms with Gasteiger partial charge in [-0.2, -0.15) is 0 Å². The number of aliphatic hydroxyl groups is 1. The zero-order valence-electron chi connectivity index (χ0n) is 19.7. The zero-order valence-corrected chi connectivity index (χ0v) is 20.6. The molecule has 0 heterocycles. The third kappa shape index (κ3) is 9.78. The zero-order chi connectivity index (χ0) is 24.3. The van der Waals surface area contributed by atoms with E-state index in [-0.39, 0.29) is 25.5 Å². The fourth-order valence-electron chi connectivity index (χ4n) is 3.89. The maximum Gasteiger partial charge on any atom is 0.407 e. The second-order valence-electron chi connectivity index (χ2n) is 9.72. The number of nitrogens with one attached hydrogen (secondary N) is 1. The lowest BCUT2D eigenvalue weighted by Gasteiger charge is -2.37. The Bertz CT molecular complexity index is 762. The molecular weight excluding hydrogens is 445 g/mol. The highest BCUT2D eigenvalue weighted by molar-refractivity contribution is 7.17. The number of benzene rings is 1. The van der Waals surface area contributed by atoms with Crippen LogP contribution < -0.4 is 5.32 Å². The molecule has 1 aromatic rings. The molecular formula is C24H36NO7P. The standard InChI is InChI=1S/C24H36NO7P/c1-23(2,3)21(27)31-24(32-33-29,14-18-10-6-4-7-11-18)15-20(26)16-25-22(28)30-17-19-12-8-5-9-13-19/h5,8-9,12-13,18,20,26H,4,6-7,10-11,14-17H2,1-3H3,(H,25,28)/t20-,24?/m1/s1. The SMILES string of the molecule is CC(C)(C)C(=O)OC(CC1CCCCC1)(C[C@@H](O)CNC(=O)OCc1ccccc1)OP=O. The predicted octanol–water partition coefficient (Wildman–Crippen LogP) is 5.14. The maximum absolute atomic E-state index is 12.7. The number of rotatable bonds is 11. The van der Waals surface area contributed by atoms with Gasteiger partial charge in [0, 0.05) is 19.4 Å². The molecule has 1 aromatic carbocycles. The minimum Gasteiger partial charge on any atom is -0.445 e. The van der Waals surface area contributed by atoms with Crippen molar-refractivity contribution in [3.05, 3.63) is 35.9 Å². The fraction of sp³-hybridized carbons (Fsp3) is 0.667. The molecule has 1 aliphatic rings. The predicted molar refractivity (Wildman–Crippen MR) is 123 cm³/mol. The Labute approximate surface area is 197 Å². The smallest absolute Gasteiger partial charge is 0.407 e. The molecule has 1 unspecified atom stereocenters. The van der Waals surface area contributed by atoms with Crippen LogP contribution in [0, 0.1) is 11.3 Å². The summed E-state index contributed by atoms with van der Waals surface area (Å²) in [6, 6.07) is 9.24. The van der Waals surface area contributed by atoms with Crippen LogP contribution in [-0.2, 0) is 30.0 Å². The molecule has 184 valence electrons. The highest BCUT2D eigenvalue weighted by Crippen LogP contribution is 2.39. The average molecular weight is 482 g/mol. The van der Waals surface area contributed by atoms with Gasteiger partial charge in [0.05, 0.1) is 11.5 Å². The molecule has 1 saturated carbocycles. The summed E-state index contributed by atoms with van der Waals surface area (Å²) >= 11 is 0. The first kappa shape index (κ1) is 27.2. The van der Waals surface area contributed by atoms with Crippen LogP contribution in [0.1, 0.15) is 71.3 Å². The first-order valence-corrected chi connectivity index (χ1v) is 12.2. The molecule has 1 amide bonds. The van der Waals surface area contributed by atoms with Gasteiger partial charge in [0.2, 0.25) is 5.79 Å². The summed E-state index contributed by atoms with van der Waals surface area (Å²) in [4.78, 5) is 24.7. The van der Waals surface area contributed by atoms with E-state index in [0.29, 0.717) is 6.42 Å². The van der Waals surface area contributed by atoms with Gasteiger partial charge in [0.25, 0.3) is 0 Å². The van der Waals surface area contributed by atoms with Crippen LogP contribution in [-0.4, -0.2) is 35.6 Å². The quantitative estimate of drug-likeness (QED) is 0.256. The largest absolute Gasteiger partial charge is 0.445 e. The van der Waals surface area contributed by atoms with Crippen molar-refractivity contribution in [3.63, 3.8) is 0 Å². The minimum absolute atomic E-state index is 0.107. The number of hydrogen-bond donors (Lipinski definition) is 2. The Hall–Kier alpha value is -2.02. The second kappa shape index (κ2) is 13.0. The van der Waals surface area contributed by atoms with Crippen molar-refractivity contribution in [3.8, 4) is 0 Å². The van der Waals surface area contributed by atoms with Crippen LogP contribution in [0.2, 0.25) is 0 Å². The molecule has 0 saturated heterocycles. The van der Waals surface area contributed by atoms with E-state index in [1.807, 2.05) is 30.3 Å².